The SMILES string of the molecule is O=[N+]([O-])c1ccccc1-c1ccc([C@@H]2[C@H](c3ccccn3)NC(=S)N2Cc2ccncc2)o1. The Labute approximate surface area is 195 Å². The number of nitrogens with one attached hydrogen (secondary N) is 1. The minimum atomic E-state index is -0.407. The number of furan rings is 1. The predicted molar refractivity (Wildman–Crippen MR) is 126 cm³/mol. The van der Waals surface area contributed by atoms with E-state index in [1.165, 1.54) is 6.07 Å². The molecule has 0 unspecified atom stereocenters. The van der Waals surface area contributed by atoms with Crippen molar-refractivity contribution in [3.63, 3.8) is 0 Å². The molecule has 1 aromatic carbocycles. The van der Waals surface area contributed by atoms with Gasteiger partial charge in [-0.1, -0.05) is 18.2 Å². The van der Waals surface area contributed by atoms with E-state index in [0.717, 1.165) is 11.3 Å². The molecule has 0 amide bonds. The maximum absolute atomic E-state index is 11.5. The van der Waals surface area contributed by atoms with Gasteiger partial charge in [-0.25, -0.2) is 0 Å². The van der Waals surface area contributed by atoms with Crippen molar-refractivity contribution in [1.29, 1.82) is 0 Å². The largest absolute Gasteiger partial charge is 0.459 e. The Morgan fingerprint density at radius 2 is 1.82 bits per heavy atom. The molecule has 9 heteroatoms. The van der Waals surface area contributed by atoms with Crippen LogP contribution in [0.4, 0.5) is 5.69 Å². The van der Waals surface area contributed by atoms with Gasteiger partial charge in [-0.3, -0.25) is 20.1 Å². The van der Waals surface area contributed by atoms with E-state index in [1.54, 1.807) is 42.9 Å². The van der Waals surface area contributed by atoms with Crippen molar-refractivity contribution in [3.8, 4) is 11.3 Å². The number of aromatic nitrogens is 2. The molecule has 3 aromatic heterocycles. The third-order valence-corrected chi connectivity index (χ3v) is 5.94. The summed E-state index contributed by atoms with van der Waals surface area (Å²) in [5, 5.41) is 15.5. The van der Waals surface area contributed by atoms with Gasteiger partial charge in [0.1, 0.15) is 17.6 Å². The van der Waals surface area contributed by atoms with Gasteiger partial charge >= 0.3 is 0 Å². The fourth-order valence-electron chi connectivity index (χ4n) is 4.07. The molecule has 1 N–H and O–H groups in total. The monoisotopic (exact) mass is 457 g/mol. The number of nitrogens with zero attached hydrogens (tertiary/aromatic N) is 4. The number of para-hydroxylation sites is 1. The van der Waals surface area contributed by atoms with Crippen molar-refractivity contribution in [2.45, 2.75) is 18.6 Å². The number of hydrogen-bond acceptors (Lipinski definition) is 6. The quantitative estimate of drug-likeness (QED) is 0.250. The molecule has 8 nitrogen and oxygen atoms in total. The van der Waals surface area contributed by atoms with Crippen LogP contribution >= 0.6 is 12.2 Å². The summed E-state index contributed by atoms with van der Waals surface area (Å²) in [6.07, 6.45) is 5.23. The molecule has 0 bridgehead atoms. The summed E-state index contributed by atoms with van der Waals surface area (Å²) in [5.74, 6) is 1.07. The van der Waals surface area contributed by atoms with E-state index in [9.17, 15) is 10.1 Å². The fraction of sp³-hybridized carbons (Fsp3) is 0.125. The van der Waals surface area contributed by atoms with E-state index in [0.29, 0.717) is 28.7 Å². The van der Waals surface area contributed by atoms with Crippen LogP contribution in [0.1, 0.15) is 29.1 Å². The van der Waals surface area contributed by atoms with Crippen LogP contribution in [-0.2, 0) is 6.54 Å². The van der Waals surface area contributed by atoms with Gasteiger partial charge in [0.25, 0.3) is 5.69 Å². The highest BCUT2D eigenvalue weighted by molar-refractivity contribution is 7.80. The van der Waals surface area contributed by atoms with E-state index < -0.39 is 4.92 Å². The molecule has 2 atom stereocenters. The Balaban J connectivity index is 1.56. The Hall–Kier alpha value is -4.11. The van der Waals surface area contributed by atoms with Crippen LogP contribution in [0.2, 0.25) is 0 Å². The summed E-state index contributed by atoms with van der Waals surface area (Å²) in [4.78, 5) is 21.8. The normalized spacial score (nSPS) is 17.7. The van der Waals surface area contributed by atoms with Crippen molar-refractivity contribution in [1.82, 2.24) is 20.2 Å². The number of thiocarbonyl (C=S) groups is 1. The molecule has 1 aliphatic rings. The van der Waals surface area contributed by atoms with Gasteiger partial charge in [-0.15, -0.1) is 0 Å². The van der Waals surface area contributed by atoms with Crippen LogP contribution in [-0.4, -0.2) is 24.9 Å². The molecule has 164 valence electrons. The highest BCUT2D eigenvalue weighted by Gasteiger charge is 2.41. The lowest BCUT2D eigenvalue weighted by Gasteiger charge is -2.26. The van der Waals surface area contributed by atoms with Crippen molar-refractivity contribution in [3.05, 3.63) is 112 Å². The van der Waals surface area contributed by atoms with Gasteiger partial charge in [0.05, 0.1) is 22.2 Å². The van der Waals surface area contributed by atoms with Crippen molar-refractivity contribution in [2.75, 3.05) is 0 Å². The summed E-state index contributed by atoms with van der Waals surface area (Å²) in [6.45, 7) is 0.546. The average molecular weight is 458 g/mol. The van der Waals surface area contributed by atoms with E-state index in [2.05, 4.69) is 15.3 Å². The number of nitro benzene ring substituents is 1. The number of hydrogen-bond donors (Lipinski definition) is 1. The summed E-state index contributed by atoms with van der Waals surface area (Å²) < 4.78 is 6.23. The summed E-state index contributed by atoms with van der Waals surface area (Å²) >= 11 is 5.69. The molecular weight excluding hydrogens is 438 g/mol. The molecule has 1 aliphatic heterocycles. The third-order valence-electron chi connectivity index (χ3n) is 5.58. The Morgan fingerprint density at radius 3 is 2.58 bits per heavy atom. The van der Waals surface area contributed by atoms with E-state index in [-0.39, 0.29) is 17.8 Å². The molecule has 5 rings (SSSR count). The topological polar surface area (TPSA) is 97.3 Å². The molecule has 0 radical (unpaired) electrons. The van der Waals surface area contributed by atoms with Crippen LogP contribution in [0.15, 0.2) is 89.7 Å². The summed E-state index contributed by atoms with van der Waals surface area (Å²) in [7, 11) is 0. The first kappa shape index (κ1) is 20.8. The number of nitro groups is 1. The maximum atomic E-state index is 11.5. The van der Waals surface area contributed by atoms with Gasteiger partial charge in [0, 0.05) is 31.2 Å². The zero-order valence-corrected chi connectivity index (χ0v) is 18.2. The highest BCUT2D eigenvalue weighted by Crippen LogP contribution is 2.42. The van der Waals surface area contributed by atoms with Gasteiger partial charge in [0.2, 0.25) is 0 Å². The van der Waals surface area contributed by atoms with Crippen LogP contribution in [0.25, 0.3) is 11.3 Å². The lowest BCUT2D eigenvalue weighted by atomic mass is 10.0. The lowest BCUT2D eigenvalue weighted by Crippen LogP contribution is -2.29. The zero-order valence-electron chi connectivity index (χ0n) is 17.4. The number of pyridine rings is 2. The maximum Gasteiger partial charge on any atom is 0.280 e. The van der Waals surface area contributed by atoms with E-state index in [1.807, 2.05) is 41.3 Å². The van der Waals surface area contributed by atoms with Gasteiger partial charge in [-0.05, 0) is 60.2 Å². The van der Waals surface area contributed by atoms with Crippen molar-refractivity contribution < 1.29 is 9.34 Å². The number of rotatable bonds is 6. The Kier molecular flexibility index (Phi) is 5.54. The lowest BCUT2D eigenvalue weighted by molar-refractivity contribution is -0.384. The van der Waals surface area contributed by atoms with Gasteiger partial charge in [0.15, 0.2) is 5.11 Å². The molecular formula is C24H19N5O3S. The van der Waals surface area contributed by atoms with Gasteiger partial charge < -0.3 is 14.6 Å². The second kappa shape index (κ2) is 8.79. The van der Waals surface area contributed by atoms with Crippen molar-refractivity contribution >= 4 is 23.0 Å². The third kappa shape index (κ3) is 4.06. The van der Waals surface area contributed by atoms with Crippen LogP contribution in [0.3, 0.4) is 0 Å². The smallest absolute Gasteiger partial charge is 0.280 e. The minimum absolute atomic E-state index is 0.00612. The predicted octanol–water partition coefficient (Wildman–Crippen LogP) is 4.82. The van der Waals surface area contributed by atoms with Crippen LogP contribution < -0.4 is 5.32 Å². The molecule has 1 saturated heterocycles. The molecule has 1 fully saturated rings. The first-order valence-electron chi connectivity index (χ1n) is 10.3. The molecule has 33 heavy (non-hydrogen) atoms. The van der Waals surface area contributed by atoms with E-state index >= 15 is 0 Å². The average Bonchev–Trinajstić information content (AvgIpc) is 3.45. The second-order valence-electron chi connectivity index (χ2n) is 7.59. The first-order chi connectivity index (χ1) is 16.1. The molecule has 4 aromatic rings. The Morgan fingerprint density at radius 1 is 1.03 bits per heavy atom. The second-order valence-corrected chi connectivity index (χ2v) is 7.97. The standard InChI is InChI=1S/C24H19N5O3S/c30-29(31)19-7-2-1-5-17(19)20-8-9-21(32-20)23-22(18-6-3-4-12-26-18)27-24(33)28(23)15-16-10-13-25-14-11-16/h1-14,22-23H,15H2,(H,27,33)/t22-,23+/m0/s1. The van der Waals surface area contributed by atoms with Gasteiger partial charge in [-0.2, -0.15) is 0 Å². The zero-order chi connectivity index (χ0) is 22.8. The number of benzene rings is 1. The molecule has 4 heterocycles. The van der Waals surface area contributed by atoms with Crippen LogP contribution in [0, 0.1) is 10.1 Å². The van der Waals surface area contributed by atoms with Crippen LogP contribution in [0.5, 0.6) is 0 Å². The van der Waals surface area contributed by atoms with Crippen molar-refractivity contribution in [2.24, 2.45) is 0 Å². The first-order valence-corrected chi connectivity index (χ1v) is 10.7. The fourth-order valence-corrected chi connectivity index (χ4v) is 4.37. The molecule has 0 spiro atoms. The molecule has 0 saturated carbocycles. The summed E-state index contributed by atoms with van der Waals surface area (Å²) in [6, 6.07) is 19.2. The Bertz CT molecular complexity index is 1300. The van der Waals surface area contributed by atoms with E-state index in [4.69, 9.17) is 16.6 Å². The summed E-state index contributed by atoms with van der Waals surface area (Å²) in [5.41, 5.74) is 2.29. The highest BCUT2D eigenvalue weighted by atomic mass is 32.1. The minimum Gasteiger partial charge on any atom is -0.459 e. The molecule has 0 aliphatic carbocycles.